The number of benzene rings is 1. The fourth-order valence-electron chi connectivity index (χ4n) is 3.07. The summed E-state index contributed by atoms with van der Waals surface area (Å²) in [4.78, 5) is 28.7. The van der Waals surface area contributed by atoms with Crippen LogP contribution in [0.3, 0.4) is 0 Å². The van der Waals surface area contributed by atoms with Crippen molar-refractivity contribution in [3.8, 4) is 11.1 Å². The highest BCUT2D eigenvalue weighted by atomic mass is 35.5. The molecule has 2 aromatic heterocycles. The highest BCUT2D eigenvalue weighted by Crippen LogP contribution is 2.30. The second-order valence-electron chi connectivity index (χ2n) is 7.84. The summed E-state index contributed by atoms with van der Waals surface area (Å²) in [5.74, 6) is -0.414. The van der Waals surface area contributed by atoms with Crippen LogP contribution in [-0.4, -0.2) is 26.9 Å². The molecule has 2 heterocycles. The molecule has 6 heteroatoms. The molecule has 0 radical (unpaired) electrons. The van der Waals surface area contributed by atoms with E-state index in [-0.39, 0.29) is 18.3 Å². The normalized spacial score (nSPS) is 11.6. The molecule has 0 atom stereocenters. The molecule has 1 aromatic carbocycles. The highest BCUT2D eigenvalue weighted by Gasteiger charge is 2.19. The maximum Gasteiger partial charge on any atom is 0.326 e. The lowest BCUT2D eigenvalue weighted by Crippen LogP contribution is -2.26. The van der Waals surface area contributed by atoms with E-state index in [0.717, 1.165) is 27.7 Å². The molecule has 0 bridgehead atoms. The van der Waals surface area contributed by atoms with Crippen LogP contribution < -0.4 is 0 Å². The van der Waals surface area contributed by atoms with Crippen molar-refractivity contribution in [2.45, 2.75) is 46.8 Å². The van der Waals surface area contributed by atoms with Crippen molar-refractivity contribution in [1.82, 2.24) is 9.55 Å². The van der Waals surface area contributed by atoms with E-state index in [0.29, 0.717) is 10.6 Å². The van der Waals surface area contributed by atoms with Gasteiger partial charge in [0.2, 0.25) is 0 Å². The number of Topliss-reactive ketones (excluding diaryl/α,β-unsaturated/α-hetero) is 1. The van der Waals surface area contributed by atoms with E-state index in [4.69, 9.17) is 16.3 Å². The molecule has 3 rings (SSSR count). The van der Waals surface area contributed by atoms with E-state index in [1.807, 2.05) is 52.0 Å². The van der Waals surface area contributed by atoms with E-state index in [2.05, 4.69) is 4.98 Å². The van der Waals surface area contributed by atoms with Crippen LogP contribution in [0.1, 0.15) is 43.7 Å². The number of aryl methyl sites for hydroxylation is 1. The van der Waals surface area contributed by atoms with E-state index in [1.165, 1.54) is 6.92 Å². The molecule has 0 aliphatic carbocycles. The van der Waals surface area contributed by atoms with Crippen LogP contribution in [-0.2, 0) is 16.1 Å². The molecule has 146 valence electrons. The first-order valence-electron chi connectivity index (χ1n) is 9.03. The molecule has 0 spiro atoms. The average molecular weight is 399 g/mol. The van der Waals surface area contributed by atoms with E-state index in [9.17, 15) is 9.59 Å². The third-order valence-corrected chi connectivity index (χ3v) is 4.72. The fraction of sp³-hybridized carbons (Fsp3) is 0.318. The number of nitrogens with zero attached hydrogens (tertiary/aromatic N) is 2. The fourth-order valence-corrected chi connectivity index (χ4v) is 3.23. The minimum absolute atomic E-state index is 0.0400. The number of carbonyl (C=O) groups excluding carboxylic acids is 2. The Morgan fingerprint density at radius 2 is 1.89 bits per heavy atom. The van der Waals surface area contributed by atoms with Gasteiger partial charge in [0.15, 0.2) is 5.78 Å². The number of carbonyl (C=O) groups is 2. The second kappa shape index (κ2) is 7.40. The van der Waals surface area contributed by atoms with Crippen molar-refractivity contribution in [3.63, 3.8) is 0 Å². The lowest BCUT2D eigenvalue weighted by Gasteiger charge is -2.19. The number of hydrogen-bond acceptors (Lipinski definition) is 4. The van der Waals surface area contributed by atoms with Crippen molar-refractivity contribution in [3.05, 3.63) is 52.9 Å². The number of fused-ring (bicyclic) bond motifs is 1. The Labute approximate surface area is 169 Å². The van der Waals surface area contributed by atoms with Gasteiger partial charge in [0, 0.05) is 34.4 Å². The molecule has 3 aromatic rings. The number of ketones is 1. The Bertz CT molecular complexity index is 1080. The van der Waals surface area contributed by atoms with Crippen molar-refractivity contribution >= 4 is 34.3 Å². The largest absolute Gasteiger partial charge is 0.459 e. The van der Waals surface area contributed by atoms with Gasteiger partial charge in [-0.3, -0.25) is 14.6 Å². The van der Waals surface area contributed by atoms with Crippen LogP contribution in [0, 0.1) is 6.92 Å². The number of pyridine rings is 1. The zero-order valence-corrected chi connectivity index (χ0v) is 17.4. The first-order chi connectivity index (χ1) is 13.0. The Morgan fingerprint density at radius 1 is 1.18 bits per heavy atom. The predicted octanol–water partition coefficient (Wildman–Crippen LogP) is 5.21. The van der Waals surface area contributed by atoms with Gasteiger partial charge in [-0.1, -0.05) is 17.7 Å². The van der Waals surface area contributed by atoms with Gasteiger partial charge in [-0.2, -0.15) is 0 Å². The Hall–Kier alpha value is -2.66. The van der Waals surface area contributed by atoms with Crippen LogP contribution in [0.15, 0.2) is 36.7 Å². The zero-order chi connectivity index (χ0) is 20.6. The summed E-state index contributed by atoms with van der Waals surface area (Å²) in [6.45, 7) is 8.88. The minimum atomic E-state index is -0.561. The summed E-state index contributed by atoms with van der Waals surface area (Å²) in [6.07, 6.45) is 3.47. The Balaban J connectivity index is 2.05. The van der Waals surface area contributed by atoms with Gasteiger partial charge in [-0.05, 0) is 58.4 Å². The number of rotatable bonds is 4. The maximum atomic E-state index is 12.3. The van der Waals surface area contributed by atoms with Crippen LogP contribution in [0.2, 0.25) is 5.02 Å². The summed E-state index contributed by atoms with van der Waals surface area (Å²) >= 11 is 6.21. The second-order valence-corrected chi connectivity index (χ2v) is 8.24. The van der Waals surface area contributed by atoms with Crippen molar-refractivity contribution in [1.29, 1.82) is 0 Å². The summed E-state index contributed by atoms with van der Waals surface area (Å²) in [6, 6.07) is 7.62. The van der Waals surface area contributed by atoms with Crippen molar-refractivity contribution < 1.29 is 14.3 Å². The molecule has 0 aliphatic heterocycles. The summed E-state index contributed by atoms with van der Waals surface area (Å²) in [5, 5.41) is 1.37. The smallest absolute Gasteiger partial charge is 0.326 e. The highest BCUT2D eigenvalue weighted by molar-refractivity contribution is 6.31. The van der Waals surface area contributed by atoms with Gasteiger partial charge in [0.05, 0.1) is 10.7 Å². The number of hydrogen-bond donors (Lipinski definition) is 0. The van der Waals surface area contributed by atoms with Gasteiger partial charge in [-0.25, -0.2) is 0 Å². The van der Waals surface area contributed by atoms with Crippen LogP contribution in [0.5, 0.6) is 0 Å². The molecule has 0 saturated carbocycles. The van der Waals surface area contributed by atoms with E-state index < -0.39 is 5.60 Å². The van der Waals surface area contributed by atoms with Gasteiger partial charge in [0.1, 0.15) is 12.1 Å². The van der Waals surface area contributed by atoms with Crippen LogP contribution in [0.4, 0.5) is 0 Å². The first kappa shape index (κ1) is 20.1. The quantitative estimate of drug-likeness (QED) is 0.447. The van der Waals surface area contributed by atoms with E-state index >= 15 is 0 Å². The minimum Gasteiger partial charge on any atom is -0.459 e. The van der Waals surface area contributed by atoms with Gasteiger partial charge >= 0.3 is 5.97 Å². The number of ether oxygens (including phenoxy) is 1. The molecule has 28 heavy (non-hydrogen) atoms. The SMILES string of the molecule is CC(=O)c1cn(CC(=O)OC(C)(C)C)c2ccc(-c3cnc(C)c(Cl)c3)cc12. The van der Waals surface area contributed by atoms with Crippen molar-refractivity contribution in [2.24, 2.45) is 0 Å². The Morgan fingerprint density at radius 3 is 2.50 bits per heavy atom. The molecule has 0 unspecified atom stereocenters. The molecular weight excluding hydrogens is 376 g/mol. The molecule has 0 saturated heterocycles. The summed E-state index contributed by atoms with van der Waals surface area (Å²) < 4.78 is 7.16. The molecule has 0 N–H and O–H groups in total. The maximum absolute atomic E-state index is 12.3. The molecular formula is C22H23ClN2O3. The van der Waals surface area contributed by atoms with Gasteiger partial charge in [-0.15, -0.1) is 0 Å². The van der Waals surface area contributed by atoms with Crippen LogP contribution >= 0.6 is 11.6 Å². The lowest BCUT2D eigenvalue weighted by atomic mass is 10.0. The lowest BCUT2D eigenvalue weighted by molar-refractivity contribution is -0.155. The number of halogens is 1. The average Bonchev–Trinajstić information content (AvgIpc) is 2.93. The topological polar surface area (TPSA) is 61.2 Å². The molecule has 0 aliphatic rings. The monoisotopic (exact) mass is 398 g/mol. The number of esters is 1. The third kappa shape index (κ3) is 4.25. The van der Waals surface area contributed by atoms with Gasteiger partial charge < -0.3 is 9.30 Å². The number of aromatic nitrogens is 2. The van der Waals surface area contributed by atoms with E-state index in [1.54, 1.807) is 17.0 Å². The zero-order valence-electron chi connectivity index (χ0n) is 16.7. The summed E-state index contributed by atoms with van der Waals surface area (Å²) in [7, 11) is 0. The summed E-state index contributed by atoms with van der Waals surface area (Å²) in [5.41, 5.74) is 3.33. The first-order valence-corrected chi connectivity index (χ1v) is 9.41. The molecule has 0 fully saturated rings. The molecule has 5 nitrogen and oxygen atoms in total. The van der Waals surface area contributed by atoms with Gasteiger partial charge in [0.25, 0.3) is 0 Å². The van der Waals surface area contributed by atoms with Crippen molar-refractivity contribution in [2.75, 3.05) is 0 Å². The Kier molecular flexibility index (Phi) is 5.31. The standard InChI is InChI=1S/C22H23ClN2O3/c1-13-19(23)9-16(10-24-13)15-6-7-20-17(8-15)18(14(2)26)11-25(20)12-21(27)28-22(3,4)5/h6-11H,12H2,1-5H3. The molecule has 0 amide bonds. The van der Waals surface area contributed by atoms with Crippen LogP contribution in [0.25, 0.3) is 22.0 Å². The third-order valence-electron chi connectivity index (χ3n) is 4.34. The predicted molar refractivity (Wildman–Crippen MR) is 111 cm³/mol.